The van der Waals surface area contributed by atoms with Gasteiger partial charge in [0.1, 0.15) is 11.5 Å². The number of rotatable bonds is 4. The zero-order valence-electron chi connectivity index (χ0n) is 13.7. The number of hydrogen-bond donors (Lipinski definition) is 1. The van der Waals surface area contributed by atoms with Crippen molar-refractivity contribution >= 4 is 5.91 Å². The number of hydrogen-bond acceptors (Lipinski definition) is 6. The van der Waals surface area contributed by atoms with Gasteiger partial charge < -0.3 is 14.5 Å². The number of ether oxygens (including phenoxy) is 1. The Bertz CT molecular complexity index is 887. The number of aromatic nitrogens is 4. The van der Waals surface area contributed by atoms with Crippen molar-refractivity contribution in [3.63, 3.8) is 0 Å². The van der Waals surface area contributed by atoms with E-state index in [2.05, 4.69) is 20.6 Å². The van der Waals surface area contributed by atoms with E-state index < -0.39 is 0 Å². The summed E-state index contributed by atoms with van der Waals surface area (Å²) in [7, 11) is 0. The highest BCUT2D eigenvalue weighted by Crippen LogP contribution is 2.24. The molecule has 8 heteroatoms. The molecule has 0 aliphatic carbocycles. The number of nitrogens with zero attached hydrogens (tertiary/aromatic N) is 4. The summed E-state index contributed by atoms with van der Waals surface area (Å²) in [6.45, 7) is 3.08. The highest BCUT2D eigenvalue weighted by atomic mass is 16.5. The number of furan rings is 1. The van der Waals surface area contributed by atoms with Gasteiger partial charge in [-0.2, -0.15) is 0 Å². The van der Waals surface area contributed by atoms with Gasteiger partial charge in [0.15, 0.2) is 0 Å². The first-order valence-electron chi connectivity index (χ1n) is 7.99. The number of fused-ring (bicyclic) bond motifs is 1. The third kappa shape index (κ3) is 3.03. The first kappa shape index (κ1) is 15.5. The molecule has 0 saturated heterocycles. The van der Waals surface area contributed by atoms with Crippen LogP contribution in [-0.4, -0.2) is 38.5 Å². The Morgan fingerprint density at radius 2 is 2.36 bits per heavy atom. The molecule has 0 fully saturated rings. The molecule has 25 heavy (non-hydrogen) atoms. The van der Waals surface area contributed by atoms with Gasteiger partial charge in [0.05, 0.1) is 36.8 Å². The predicted octanol–water partition coefficient (Wildman–Crippen LogP) is 1.57. The van der Waals surface area contributed by atoms with Crippen molar-refractivity contribution in [2.75, 3.05) is 6.54 Å². The van der Waals surface area contributed by atoms with E-state index in [9.17, 15) is 4.79 Å². The van der Waals surface area contributed by atoms with E-state index in [-0.39, 0.29) is 12.0 Å². The second-order valence-corrected chi connectivity index (χ2v) is 5.84. The minimum absolute atomic E-state index is 0.160. The standard InChI is InChI=1S/C17H17N5O3/c1-11-14(4-6-24-11)17(23)19-8-13-9-22-15(10-25-13)16(20-21-22)12-3-2-5-18-7-12/h2-7,13H,8-10H2,1H3,(H,19,23)/t13-/m1/s1. The summed E-state index contributed by atoms with van der Waals surface area (Å²) in [5.41, 5.74) is 3.15. The van der Waals surface area contributed by atoms with Crippen LogP contribution in [-0.2, 0) is 17.9 Å². The molecule has 0 aromatic carbocycles. The molecule has 3 aromatic rings. The maximum atomic E-state index is 12.1. The van der Waals surface area contributed by atoms with Gasteiger partial charge in [-0.3, -0.25) is 9.78 Å². The predicted molar refractivity (Wildman–Crippen MR) is 87.6 cm³/mol. The fraction of sp³-hybridized carbons (Fsp3) is 0.294. The molecule has 3 aromatic heterocycles. The van der Waals surface area contributed by atoms with Crippen molar-refractivity contribution in [2.45, 2.75) is 26.2 Å². The van der Waals surface area contributed by atoms with Crippen molar-refractivity contribution < 1.29 is 13.9 Å². The van der Waals surface area contributed by atoms with Gasteiger partial charge >= 0.3 is 0 Å². The molecule has 0 radical (unpaired) electrons. The minimum Gasteiger partial charge on any atom is -0.469 e. The zero-order chi connectivity index (χ0) is 17.2. The van der Waals surface area contributed by atoms with Crippen LogP contribution in [0.3, 0.4) is 0 Å². The van der Waals surface area contributed by atoms with Crippen LogP contribution < -0.4 is 5.32 Å². The van der Waals surface area contributed by atoms with E-state index in [1.54, 1.807) is 25.4 Å². The average molecular weight is 339 g/mol. The molecular formula is C17H17N5O3. The maximum absolute atomic E-state index is 12.1. The Kier molecular flexibility index (Phi) is 4.02. The fourth-order valence-corrected chi connectivity index (χ4v) is 2.84. The van der Waals surface area contributed by atoms with E-state index in [1.165, 1.54) is 6.26 Å². The van der Waals surface area contributed by atoms with Crippen LogP contribution in [0.4, 0.5) is 0 Å². The Morgan fingerprint density at radius 3 is 3.12 bits per heavy atom. The van der Waals surface area contributed by atoms with E-state index in [0.717, 1.165) is 17.0 Å². The molecule has 0 spiro atoms. The molecule has 0 unspecified atom stereocenters. The van der Waals surface area contributed by atoms with E-state index in [1.807, 2.05) is 16.8 Å². The summed E-state index contributed by atoms with van der Waals surface area (Å²) in [6.07, 6.45) is 4.82. The van der Waals surface area contributed by atoms with Crippen LogP contribution in [0.15, 0.2) is 41.3 Å². The van der Waals surface area contributed by atoms with Crippen LogP contribution in [0.5, 0.6) is 0 Å². The quantitative estimate of drug-likeness (QED) is 0.775. The molecule has 0 bridgehead atoms. The lowest BCUT2D eigenvalue weighted by atomic mass is 10.1. The number of carbonyl (C=O) groups excluding carboxylic acids is 1. The normalized spacial score (nSPS) is 16.4. The largest absolute Gasteiger partial charge is 0.469 e. The molecule has 8 nitrogen and oxygen atoms in total. The van der Waals surface area contributed by atoms with E-state index >= 15 is 0 Å². The monoisotopic (exact) mass is 339 g/mol. The lowest BCUT2D eigenvalue weighted by molar-refractivity contribution is 0.00176. The van der Waals surface area contributed by atoms with Gasteiger partial charge in [-0.05, 0) is 25.1 Å². The highest BCUT2D eigenvalue weighted by Gasteiger charge is 2.25. The first-order valence-corrected chi connectivity index (χ1v) is 7.99. The molecule has 1 aliphatic rings. The van der Waals surface area contributed by atoms with Gasteiger partial charge in [0.25, 0.3) is 5.91 Å². The number of nitrogens with one attached hydrogen (secondary N) is 1. The second kappa shape index (κ2) is 6.48. The zero-order valence-corrected chi connectivity index (χ0v) is 13.7. The van der Waals surface area contributed by atoms with E-state index in [0.29, 0.717) is 31.0 Å². The molecule has 4 heterocycles. The molecule has 1 amide bonds. The Labute approximate surface area is 143 Å². The van der Waals surface area contributed by atoms with Crippen molar-refractivity contribution in [3.05, 3.63) is 53.9 Å². The van der Waals surface area contributed by atoms with Crippen LogP contribution in [0.25, 0.3) is 11.3 Å². The molecule has 1 aliphatic heterocycles. The highest BCUT2D eigenvalue weighted by molar-refractivity contribution is 5.95. The van der Waals surface area contributed by atoms with Gasteiger partial charge in [0.2, 0.25) is 0 Å². The van der Waals surface area contributed by atoms with Gasteiger partial charge in [0, 0.05) is 24.5 Å². The average Bonchev–Trinajstić information content (AvgIpc) is 3.26. The summed E-state index contributed by atoms with van der Waals surface area (Å²) < 4.78 is 12.8. The summed E-state index contributed by atoms with van der Waals surface area (Å²) in [6, 6.07) is 5.46. The molecule has 4 rings (SSSR count). The number of carbonyl (C=O) groups is 1. The van der Waals surface area contributed by atoms with Crippen LogP contribution >= 0.6 is 0 Å². The Balaban J connectivity index is 1.41. The van der Waals surface area contributed by atoms with Crippen LogP contribution in [0.1, 0.15) is 21.8 Å². The van der Waals surface area contributed by atoms with Crippen LogP contribution in [0, 0.1) is 6.92 Å². The topological polar surface area (TPSA) is 95.1 Å². The Morgan fingerprint density at radius 1 is 1.44 bits per heavy atom. The summed E-state index contributed by atoms with van der Waals surface area (Å²) in [4.78, 5) is 16.2. The Hall–Kier alpha value is -3.00. The van der Waals surface area contributed by atoms with E-state index in [4.69, 9.17) is 9.15 Å². The molecule has 1 N–H and O–H groups in total. The molecule has 0 saturated carbocycles. The maximum Gasteiger partial charge on any atom is 0.254 e. The lowest BCUT2D eigenvalue weighted by Gasteiger charge is -2.24. The number of amides is 1. The van der Waals surface area contributed by atoms with Crippen molar-refractivity contribution in [2.24, 2.45) is 0 Å². The first-order chi connectivity index (χ1) is 12.2. The van der Waals surface area contributed by atoms with Crippen LogP contribution in [0.2, 0.25) is 0 Å². The van der Waals surface area contributed by atoms with Crippen molar-refractivity contribution in [3.8, 4) is 11.3 Å². The summed E-state index contributed by atoms with van der Waals surface area (Å²) in [5, 5.41) is 11.3. The third-order valence-corrected chi connectivity index (χ3v) is 4.20. The minimum atomic E-state index is -0.171. The molecular weight excluding hydrogens is 322 g/mol. The SMILES string of the molecule is Cc1occc1C(=O)NC[C@@H]1Cn2nnc(-c3cccnc3)c2CO1. The molecule has 1 atom stereocenters. The summed E-state index contributed by atoms with van der Waals surface area (Å²) >= 11 is 0. The van der Waals surface area contributed by atoms with Crippen molar-refractivity contribution in [1.82, 2.24) is 25.3 Å². The van der Waals surface area contributed by atoms with Gasteiger partial charge in [-0.25, -0.2) is 4.68 Å². The van der Waals surface area contributed by atoms with Gasteiger partial charge in [-0.15, -0.1) is 5.10 Å². The van der Waals surface area contributed by atoms with Crippen molar-refractivity contribution in [1.29, 1.82) is 0 Å². The van der Waals surface area contributed by atoms with Gasteiger partial charge in [-0.1, -0.05) is 5.21 Å². The third-order valence-electron chi connectivity index (χ3n) is 4.20. The molecule has 128 valence electrons. The fourth-order valence-electron chi connectivity index (χ4n) is 2.84. The number of aryl methyl sites for hydroxylation is 1. The second-order valence-electron chi connectivity index (χ2n) is 5.84. The smallest absolute Gasteiger partial charge is 0.254 e. The summed E-state index contributed by atoms with van der Waals surface area (Å²) in [5.74, 6) is 0.428. The lowest BCUT2D eigenvalue weighted by Crippen LogP contribution is -2.39. The number of pyridine rings is 1.